The third-order valence-electron chi connectivity index (χ3n) is 8.73. The van der Waals surface area contributed by atoms with Crippen LogP contribution in [0.15, 0.2) is 48.8 Å². The van der Waals surface area contributed by atoms with E-state index in [1.807, 2.05) is 24.3 Å². The van der Waals surface area contributed by atoms with Gasteiger partial charge in [-0.25, -0.2) is 22.4 Å². The van der Waals surface area contributed by atoms with Gasteiger partial charge in [0.05, 0.1) is 46.7 Å². The Bertz CT molecular complexity index is 1770. The number of fused-ring (bicyclic) bond motifs is 1. The molecule has 4 heterocycles. The molecule has 10 nitrogen and oxygen atoms in total. The minimum Gasteiger partial charge on any atom is -0.493 e. The van der Waals surface area contributed by atoms with Gasteiger partial charge in [0.1, 0.15) is 5.02 Å². The van der Waals surface area contributed by atoms with E-state index in [1.165, 1.54) is 10.2 Å². The van der Waals surface area contributed by atoms with Crippen LogP contribution in [0.1, 0.15) is 19.8 Å². The van der Waals surface area contributed by atoms with Crippen molar-refractivity contribution in [3.63, 3.8) is 0 Å². The Balaban J connectivity index is 1.25. The standard InChI is InChI=1S/C31H37Cl2N7O3S/c1-4-44(41,42)40-20-23(22-7-5-6-8-26(22)40)29-24(32)19-34-31(36-29)35-25-9-10-27(28(33)30(25)43-3)39-13-11-21(12-14-39)38-17-15-37(2)16-18-38/h5-10,19-21H,4,11-18H2,1-3H3,(H,34,35,36). The van der Waals surface area contributed by atoms with Crippen LogP contribution >= 0.6 is 23.2 Å². The van der Waals surface area contributed by atoms with Gasteiger partial charge in [0, 0.05) is 62.5 Å². The number of nitrogens with zero attached hydrogens (tertiary/aromatic N) is 6. The van der Waals surface area contributed by atoms with Crippen molar-refractivity contribution in [3.05, 3.63) is 58.8 Å². The molecule has 0 saturated carbocycles. The van der Waals surface area contributed by atoms with E-state index in [0.717, 1.165) is 63.2 Å². The second-order valence-electron chi connectivity index (χ2n) is 11.3. The number of piperazine rings is 1. The first-order valence-corrected chi connectivity index (χ1v) is 17.2. The number of para-hydroxylation sites is 1. The number of benzene rings is 2. The molecule has 13 heteroatoms. The smallest absolute Gasteiger partial charge is 0.238 e. The van der Waals surface area contributed by atoms with Crippen LogP contribution in [-0.2, 0) is 10.0 Å². The number of methoxy groups -OCH3 is 1. The van der Waals surface area contributed by atoms with Gasteiger partial charge in [0.2, 0.25) is 16.0 Å². The number of ether oxygens (including phenoxy) is 1. The molecule has 2 fully saturated rings. The zero-order valence-corrected chi connectivity index (χ0v) is 27.5. The van der Waals surface area contributed by atoms with Gasteiger partial charge in [0.15, 0.2) is 5.75 Å². The van der Waals surface area contributed by atoms with Gasteiger partial charge in [-0.2, -0.15) is 0 Å². The van der Waals surface area contributed by atoms with Gasteiger partial charge < -0.3 is 19.9 Å². The predicted octanol–water partition coefficient (Wildman–Crippen LogP) is 5.57. The average molecular weight is 659 g/mol. The van der Waals surface area contributed by atoms with Crippen molar-refractivity contribution in [3.8, 4) is 17.0 Å². The Morgan fingerprint density at radius 3 is 2.45 bits per heavy atom. The molecule has 0 radical (unpaired) electrons. The van der Waals surface area contributed by atoms with Gasteiger partial charge in [-0.1, -0.05) is 41.4 Å². The number of hydrogen-bond acceptors (Lipinski definition) is 9. The zero-order chi connectivity index (χ0) is 31.0. The summed E-state index contributed by atoms with van der Waals surface area (Å²) in [5, 5.41) is 4.78. The lowest BCUT2D eigenvalue weighted by Gasteiger charge is -2.42. The number of anilines is 3. The van der Waals surface area contributed by atoms with Crippen LogP contribution in [0.5, 0.6) is 5.75 Å². The summed E-state index contributed by atoms with van der Waals surface area (Å²) in [5.74, 6) is 0.728. The summed E-state index contributed by atoms with van der Waals surface area (Å²) < 4.78 is 32.8. The van der Waals surface area contributed by atoms with Crippen molar-refractivity contribution in [2.24, 2.45) is 0 Å². The molecule has 0 unspecified atom stereocenters. The summed E-state index contributed by atoms with van der Waals surface area (Å²) in [5.41, 5.74) is 3.11. The fourth-order valence-electron chi connectivity index (χ4n) is 6.19. The number of nitrogens with one attached hydrogen (secondary N) is 1. The second-order valence-corrected chi connectivity index (χ2v) is 14.2. The highest BCUT2D eigenvalue weighted by Gasteiger charge is 2.28. The second kappa shape index (κ2) is 12.7. The van der Waals surface area contributed by atoms with Crippen molar-refractivity contribution < 1.29 is 13.2 Å². The number of aromatic nitrogens is 3. The highest BCUT2D eigenvalue weighted by molar-refractivity contribution is 7.90. The summed E-state index contributed by atoms with van der Waals surface area (Å²) in [6.07, 6.45) is 5.26. The van der Waals surface area contributed by atoms with E-state index in [2.05, 4.69) is 32.0 Å². The van der Waals surface area contributed by atoms with Crippen molar-refractivity contribution in [1.82, 2.24) is 23.7 Å². The maximum Gasteiger partial charge on any atom is 0.238 e. The van der Waals surface area contributed by atoms with E-state index < -0.39 is 10.0 Å². The first-order chi connectivity index (χ1) is 21.2. The Hall–Kier alpha value is -3.09. The largest absolute Gasteiger partial charge is 0.493 e. The summed E-state index contributed by atoms with van der Waals surface area (Å²) in [6, 6.07) is 11.8. The SMILES string of the molecule is CCS(=O)(=O)n1cc(-c2nc(Nc3ccc(N4CCC(N5CCN(C)CC5)CC4)c(Cl)c3OC)ncc2Cl)c2ccccc21. The maximum absolute atomic E-state index is 12.8. The van der Waals surface area contributed by atoms with Gasteiger partial charge >= 0.3 is 0 Å². The van der Waals surface area contributed by atoms with E-state index in [1.54, 1.807) is 32.4 Å². The summed E-state index contributed by atoms with van der Waals surface area (Å²) in [6.45, 7) is 7.98. The molecule has 0 spiro atoms. The molecule has 6 rings (SSSR count). The summed E-state index contributed by atoms with van der Waals surface area (Å²) in [7, 11) is 0.232. The molecule has 44 heavy (non-hydrogen) atoms. The van der Waals surface area contributed by atoms with Crippen LogP contribution in [0.25, 0.3) is 22.2 Å². The van der Waals surface area contributed by atoms with Crippen LogP contribution < -0.4 is 15.0 Å². The molecule has 4 aromatic rings. The van der Waals surface area contributed by atoms with Crippen molar-refractivity contribution >= 4 is 61.5 Å². The highest BCUT2D eigenvalue weighted by atomic mass is 35.5. The Labute approximate surface area is 268 Å². The molecule has 2 aliphatic rings. The fraction of sp³-hybridized carbons (Fsp3) is 0.419. The first kappa shape index (κ1) is 30.9. The van der Waals surface area contributed by atoms with Gasteiger partial charge in [-0.15, -0.1) is 0 Å². The molecule has 2 aliphatic heterocycles. The van der Waals surface area contributed by atoms with E-state index in [-0.39, 0.29) is 11.7 Å². The van der Waals surface area contributed by atoms with Crippen LogP contribution in [0.4, 0.5) is 17.3 Å². The minimum atomic E-state index is -3.55. The average Bonchev–Trinajstić information content (AvgIpc) is 3.43. The van der Waals surface area contributed by atoms with Crippen molar-refractivity contribution in [2.75, 3.05) is 69.4 Å². The molecule has 0 bridgehead atoms. The van der Waals surface area contributed by atoms with E-state index in [4.69, 9.17) is 32.9 Å². The molecule has 0 atom stereocenters. The Kier molecular flexibility index (Phi) is 8.94. The topological polar surface area (TPSA) is 95.8 Å². The van der Waals surface area contributed by atoms with Crippen LogP contribution in [0, 0.1) is 0 Å². The molecular formula is C31H37Cl2N7O3S. The van der Waals surface area contributed by atoms with Gasteiger partial charge in [0.25, 0.3) is 0 Å². The molecule has 2 saturated heterocycles. The molecular weight excluding hydrogens is 621 g/mol. The van der Waals surface area contributed by atoms with Crippen LogP contribution in [0.3, 0.4) is 0 Å². The van der Waals surface area contributed by atoms with Crippen LogP contribution in [0.2, 0.25) is 10.0 Å². The Morgan fingerprint density at radius 2 is 1.75 bits per heavy atom. The number of likely N-dealkylation sites (N-methyl/N-ethyl adjacent to an activating group) is 1. The van der Waals surface area contributed by atoms with Crippen molar-refractivity contribution in [1.29, 1.82) is 0 Å². The van der Waals surface area contributed by atoms with Crippen molar-refractivity contribution in [2.45, 2.75) is 25.8 Å². The molecule has 1 N–H and O–H groups in total. The van der Waals surface area contributed by atoms with E-state index in [9.17, 15) is 8.42 Å². The number of rotatable bonds is 8. The van der Waals surface area contributed by atoms with Crippen LogP contribution in [-0.4, -0.2) is 97.4 Å². The van der Waals surface area contributed by atoms with E-state index >= 15 is 0 Å². The monoisotopic (exact) mass is 657 g/mol. The zero-order valence-electron chi connectivity index (χ0n) is 25.1. The third kappa shape index (κ3) is 5.95. The summed E-state index contributed by atoms with van der Waals surface area (Å²) >= 11 is 13.5. The number of hydrogen-bond donors (Lipinski definition) is 1. The van der Waals surface area contributed by atoms with Gasteiger partial charge in [-0.05, 0) is 45.0 Å². The predicted molar refractivity (Wildman–Crippen MR) is 178 cm³/mol. The Morgan fingerprint density at radius 1 is 1.02 bits per heavy atom. The number of halogens is 2. The minimum absolute atomic E-state index is 0.0414. The molecule has 2 aromatic heterocycles. The summed E-state index contributed by atoms with van der Waals surface area (Å²) in [4.78, 5) is 16.4. The quantitative estimate of drug-likeness (QED) is 0.261. The lowest BCUT2D eigenvalue weighted by atomic mass is 10.0. The fourth-order valence-corrected chi connectivity index (χ4v) is 7.75. The molecule has 0 amide bonds. The first-order valence-electron chi connectivity index (χ1n) is 14.9. The normalized spacial score (nSPS) is 17.3. The lowest BCUT2D eigenvalue weighted by molar-refractivity contribution is 0.0982. The number of piperidine rings is 1. The molecule has 0 aliphatic carbocycles. The third-order valence-corrected chi connectivity index (χ3v) is 11.0. The van der Waals surface area contributed by atoms with E-state index in [0.29, 0.717) is 44.3 Å². The molecule has 2 aromatic carbocycles. The highest BCUT2D eigenvalue weighted by Crippen LogP contribution is 2.42. The van der Waals surface area contributed by atoms with Gasteiger partial charge in [-0.3, -0.25) is 4.90 Å². The lowest BCUT2D eigenvalue weighted by Crippen LogP contribution is -2.52. The maximum atomic E-state index is 12.8. The molecule has 234 valence electrons.